The van der Waals surface area contributed by atoms with E-state index in [1.54, 1.807) is 31.4 Å². The van der Waals surface area contributed by atoms with Crippen molar-refractivity contribution in [3.8, 4) is 5.75 Å². The molecule has 6 heteroatoms. The molecule has 0 saturated carbocycles. The lowest BCUT2D eigenvalue weighted by molar-refractivity contribution is -0.139. The maximum atomic E-state index is 12.4. The Bertz CT molecular complexity index is 717. The van der Waals surface area contributed by atoms with Crippen molar-refractivity contribution < 1.29 is 24.2 Å². The van der Waals surface area contributed by atoms with Gasteiger partial charge in [0.25, 0.3) is 5.91 Å². The quantitative estimate of drug-likeness (QED) is 0.638. The number of amides is 1. The maximum Gasteiger partial charge on any atom is 0.326 e. The molecule has 0 unspecified atom stereocenters. The summed E-state index contributed by atoms with van der Waals surface area (Å²) >= 11 is 0. The highest BCUT2D eigenvalue weighted by Crippen LogP contribution is 2.14. The molecule has 1 amide bonds. The van der Waals surface area contributed by atoms with Crippen LogP contribution in [0, 0.1) is 0 Å². The molecular weight excluding hydrogens is 334 g/mol. The molecule has 0 fully saturated rings. The van der Waals surface area contributed by atoms with Gasteiger partial charge in [0.2, 0.25) is 0 Å². The number of benzene rings is 2. The van der Waals surface area contributed by atoms with Crippen LogP contribution in [0.1, 0.15) is 22.3 Å². The third-order valence-corrected chi connectivity index (χ3v) is 3.74. The zero-order valence-electron chi connectivity index (χ0n) is 14.7. The van der Waals surface area contributed by atoms with Gasteiger partial charge < -0.3 is 19.9 Å². The molecule has 1 atom stereocenters. The molecule has 0 saturated heterocycles. The molecule has 2 N–H and O–H groups in total. The summed E-state index contributed by atoms with van der Waals surface area (Å²) in [6.45, 7) is 1.07. The van der Waals surface area contributed by atoms with E-state index in [2.05, 4.69) is 5.32 Å². The second-order valence-electron chi connectivity index (χ2n) is 5.78. The van der Waals surface area contributed by atoms with E-state index >= 15 is 0 Å². The Labute approximate surface area is 152 Å². The number of aliphatic carboxylic acids is 1. The first-order valence-electron chi connectivity index (χ1n) is 8.39. The topological polar surface area (TPSA) is 84.9 Å². The number of carbonyl (C=O) groups is 2. The van der Waals surface area contributed by atoms with Gasteiger partial charge in [0, 0.05) is 32.1 Å². The largest absolute Gasteiger partial charge is 0.493 e. The molecule has 0 aliphatic rings. The van der Waals surface area contributed by atoms with Crippen molar-refractivity contribution in [2.24, 2.45) is 0 Å². The fraction of sp³-hybridized carbons (Fsp3) is 0.300. The van der Waals surface area contributed by atoms with E-state index in [4.69, 9.17) is 9.47 Å². The Hall–Kier alpha value is -2.86. The van der Waals surface area contributed by atoms with Gasteiger partial charge in [0.15, 0.2) is 0 Å². The van der Waals surface area contributed by atoms with Crippen LogP contribution in [0.25, 0.3) is 0 Å². The average molecular weight is 357 g/mol. The highest BCUT2D eigenvalue weighted by Gasteiger charge is 2.21. The van der Waals surface area contributed by atoms with Crippen LogP contribution in [0.3, 0.4) is 0 Å². The van der Waals surface area contributed by atoms with Crippen LogP contribution in [-0.4, -0.2) is 43.3 Å². The Morgan fingerprint density at radius 3 is 2.54 bits per heavy atom. The van der Waals surface area contributed by atoms with Crippen LogP contribution in [-0.2, 0) is 16.0 Å². The third kappa shape index (κ3) is 6.22. The fourth-order valence-electron chi connectivity index (χ4n) is 2.41. The monoisotopic (exact) mass is 357 g/mol. The van der Waals surface area contributed by atoms with Crippen LogP contribution in [0.5, 0.6) is 5.75 Å². The Kier molecular flexibility index (Phi) is 7.64. The van der Waals surface area contributed by atoms with Crippen LogP contribution in [0.2, 0.25) is 0 Å². The highest BCUT2D eigenvalue weighted by atomic mass is 16.5. The van der Waals surface area contributed by atoms with Crippen LogP contribution in [0.4, 0.5) is 0 Å². The van der Waals surface area contributed by atoms with Crippen molar-refractivity contribution >= 4 is 11.9 Å². The number of ether oxygens (including phenoxy) is 2. The second-order valence-corrected chi connectivity index (χ2v) is 5.78. The SMILES string of the molecule is COCCCOc1cccc(C(=O)N[C@@H](Cc2ccccc2)C(=O)O)c1. The first kappa shape index (κ1) is 19.5. The average Bonchev–Trinajstić information content (AvgIpc) is 2.65. The molecule has 2 aromatic rings. The predicted octanol–water partition coefficient (Wildman–Crippen LogP) is 2.53. The number of carboxylic acid groups (broad SMARTS) is 1. The summed E-state index contributed by atoms with van der Waals surface area (Å²) in [5.74, 6) is -0.964. The Morgan fingerprint density at radius 2 is 1.85 bits per heavy atom. The van der Waals surface area contributed by atoms with E-state index in [9.17, 15) is 14.7 Å². The molecule has 0 radical (unpaired) electrons. The first-order chi connectivity index (χ1) is 12.6. The minimum atomic E-state index is -1.07. The summed E-state index contributed by atoms with van der Waals surface area (Å²) in [4.78, 5) is 23.9. The molecule has 0 aromatic heterocycles. The van der Waals surface area contributed by atoms with Gasteiger partial charge in [-0.05, 0) is 23.8 Å². The molecule has 0 aliphatic heterocycles. The van der Waals surface area contributed by atoms with Crippen molar-refractivity contribution in [2.45, 2.75) is 18.9 Å². The van der Waals surface area contributed by atoms with Crippen molar-refractivity contribution in [2.75, 3.05) is 20.3 Å². The summed E-state index contributed by atoms with van der Waals surface area (Å²) in [6, 6.07) is 14.9. The molecule has 2 aromatic carbocycles. The smallest absolute Gasteiger partial charge is 0.326 e. The molecule has 0 aliphatic carbocycles. The lowest BCUT2D eigenvalue weighted by Crippen LogP contribution is -2.42. The number of hydrogen-bond donors (Lipinski definition) is 2. The van der Waals surface area contributed by atoms with Gasteiger partial charge in [0.1, 0.15) is 11.8 Å². The summed E-state index contributed by atoms with van der Waals surface area (Å²) in [6.07, 6.45) is 0.959. The number of nitrogens with one attached hydrogen (secondary N) is 1. The minimum absolute atomic E-state index is 0.217. The first-order valence-corrected chi connectivity index (χ1v) is 8.39. The summed E-state index contributed by atoms with van der Waals surface area (Å²) in [5, 5.41) is 12.0. The van der Waals surface area contributed by atoms with Crippen LogP contribution >= 0.6 is 0 Å². The number of methoxy groups -OCH3 is 1. The van der Waals surface area contributed by atoms with Crippen LogP contribution in [0.15, 0.2) is 54.6 Å². The third-order valence-electron chi connectivity index (χ3n) is 3.74. The molecule has 138 valence electrons. The van der Waals surface area contributed by atoms with Gasteiger partial charge >= 0.3 is 5.97 Å². The van der Waals surface area contributed by atoms with Crippen molar-refractivity contribution in [1.82, 2.24) is 5.32 Å². The van der Waals surface area contributed by atoms with E-state index in [1.165, 1.54) is 0 Å². The molecular formula is C20H23NO5. The molecule has 0 spiro atoms. The molecule has 0 bridgehead atoms. The Morgan fingerprint density at radius 1 is 1.08 bits per heavy atom. The summed E-state index contributed by atoms with van der Waals surface area (Å²) in [5.41, 5.74) is 1.20. The molecule has 6 nitrogen and oxygen atoms in total. The maximum absolute atomic E-state index is 12.4. The van der Waals surface area contributed by atoms with Gasteiger partial charge in [-0.3, -0.25) is 4.79 Å². The van der Waals surface area contributed by atoms with Gasteiger partial charge in [-0.1, -0.05) is 36.4 Å². The fourth-order valence-corrected chi connectivity index (χ4v) is 2.41. The van der Waals surface area contributed by atoms with E-state index < -0.39 is 17.9 Å². The number of carboxylic acids is 1. The second kappa shape index (κ2) is 10.2. The molecule has 0 heterocycles. The number of carbonyl (C=O) groups excluding carboxylic acids is 1. The van der Waals surface area contributed by atoms with E-state index in [1.807, 2.05) is 30.3 Å². The normalized spacial score (nSPS) is 11.6. The minimum Gasteiger partial charge on any atom is -0.493 e. The lowest BCUT2D eigenvalue weighted by atomic mass is 10.1. The van der Waals surface area contributed by atoms with Gasteiger partial charge in [0.05, 0.1) is 6.61 Å². The summed E-state index contributed by atoms with van der Waals surface area (Å²) in [7, 11) is 1.62. The molecule has 2 rings (SSSR count). The standard InChI is InChI=1S/C20H23NO5/c1-25-11-6-12-26-17-10-5-9-16(14-17)19(22)21-18(20(23)24)13-15-7-3-2-4-8-15/h2-5,7-10,14,18H,6,11-13H2,1H3,(H,21,22)(H,23,24)/t18-/m0/s1. The summed E-state index contributed by atoms with van der Waals surface area (Å²) < 4.78 is 10.5. The van der Waals surface area contributed by atoms with Crippen molar-refractivity contribution in [3.63, 3.8) is 0 Å². The van der Waals surface area contributed by atoms with E-state index in [0.29, 0.717) is 24.5 Å². The predicted molar refractivity (Wildman–Crippen MR) is 97.5 cm³/mol. The van der Waals surface area contributed by atoms with E-state index in [0.717, 1.165) is 12.0 Å². The van der Waals surface area contributed by atoms with Crippen molar-refractivity contribution in [3.05, 3.63) is 65.7 Å². The van der Waals surface area contributed by atoms with Gasteiger partial charge in [-0.2, -0.15) is 0 Å². The zero-order valence-corrected chi connectivity index (χ0v) is 14.7. The van der Waals surface area contributed by atoms with Crippen molar-refractivity contribution in [1.29, 1.82) is 0 Å². The number of rotatable bonds is 10. The van der Waals surface area contributed by atoms with E-state index in [-0.39, 0.29) is 6.42 Å². The van der Waals surface area contributed by atoms with Crippen LogP contribution < -0.4 is 10.1 Å². The number of hydrogen-bond acceptors (Lipinski definition) is 4. The molecule has 26 heavy (non-hydrogen) atoms. The Balaban J connectivity index is 1.99. The highest BCUT2D eigenvalue weighted by molar-refractivity contribution is 5.96. The van der Waals surface area contributed by atoms with Gasteiger partial charge in [-0.15, -0.1) is 0 Å². The van der Waals surface area contributed by atoms with Gasteiger partial charge in [-0.25, -0.2) is 4.79 Å². The zero-order chi connectivity index (χ0) is 18.8. The lowest BCUT2D eigenvalue weighted by Gasteiger charge is -2.15.